The second-order valence-electron chi connectivity index (χ2n) is 4.67. The van der Waals surface area contributed by atoms with Crippen molar-refractivity contribution in [2.24, 2.45) is 5.11 Å². The third-order valence-electron chi connectivity index (χ3n) is 2.86. The third kappa shape index (κ3) is 3.20. The Morgan fingerprint density at radius 1 is 1.37 bits per heavy atom. The van der Waals surface area contributed by atoms with Gasteiger partial charge in [0, 0.05) is 29.6 Å². The zero-order chi connectivity index (χ0) is 13.7. The summed E-state index contributed by atoms with van der Waals surface area (Å²) >= 11 is 0. The molecule has 0 saturated heterocycles. The number of hydrogen-bond donors (Lipinski definition) is 0. The molecule has 0 aliphatic carbocycles. The summed E-state index contributed by atoms with van der Waals surface area (Å²) in [6, 6.07) is 8.15. The average Bonchev–Trinajstić information content (AvgIpc) is 2.79. The van der Waals surface area contributed by atoms with Crippen molar-refractivity contribution in [3.8, 4) is 5.75 Å². The molecule has 0 spiro atoms. The van der Waals surface area contributed by atoms with Crippen molar-refractivity contribution < 1.29 is 4.74 Å². The average molecular weight is 258 g/mol. The van der Waals surface area contributed by atoms with Crippen molar-refractivity contribution >= 4 is 10.9 Å². The lowest BCUT2D eigenvalue weighted by Gasteiger charge is -2.11. The topological polar surface area (TPSA) is 62.9 Å². The van der Waals surface area contributed by atoms with Crippen LogP contribution in [0.15, 0.2) is 35.6 Å². The summed E-state index contributed by atoms with van der Waals surface area (Å²) in [6.45, 7) is 5.41. The number of benzene rings is 1. The molecule has 0 bridgehead atoms. The van der Waals surface area contributed by atoms with Gasteiger partial charge >= 0.3 is 0 Å². The lowest BCUT2D eigenvalue weighted by Crippen LogP contribution is -2.05. The van der Waals surface area contributed by atoms with Gasteiger partial charge in [-0.2, -0.15) is 0 Å². The monoisotopic (exact) mass is 258 g/mol. The molecule has 19 heavy (non-hydrogen) atoms. The molecule has 0 atom stereocenters. The van der Waals surface area contributed by atoms with Crippen LogP contribution in [0.2, 0.25) is 0 Å². The molecule has 0 N–H and O–H groups in total. The fourth-order valence-corrected chi connectivity index (χ4v) is 2.10. The summed E-state index contributed by atoms with van der Waals surface area (Å²) in [6.07, 6.45) is 3.05. The molecule has 0 aliphatic rings. The Morgan fingerprint density at radius 2 is 2.21 bits per heavy atom. The number of aromatic nitrogens is 1. The molecule has 2 rings (SSSR count). The maximum Gasteiger partial charge on any atom is 0.129 e. The van der Waals surface area contributed by atoms with Gasteiger partial charge in [-0.3, -0.25) is 0 Å². The first kappa shape index (κ1) is 13.3. The van der Waals surface area contributed by atoms with Crippen LogP contribution >= 0.6 is 0 Å². The van der Waals surface area contributed by atoms with Crippen LogP contribution in [0, 0.1) is 0 Å². The molecule has 0 amide bonds. The highest BCUT2D eigenvalue weighted by molar-refractivity contribution is 5.86. The summed E-state index contributed by atoms with van der Waals surface area (Å²) in [4.78, 5) is 2.76. The normalized spacial score (nSPS) is 10.7. The Bertz CT molecular complexity index is 597. The van der Waals surface area contributed by atoms with Crippen LogP contribution in [0.3, 0.4) is 0 Å². The molecule has 0 radical (unpaired) electrons. The maximum atomic E-state index is 8.25. The standard InChI is InChI=1S/C14H18N4O/c1-11(2)19-14-6-3-5-13-12(14)7-10-18(13)9-4-8-16-17-15/h3,5-7,10-11H,4,8-9H2,1-2H3. The minimum Gasteiger partial charge on any atom is -0.490 e. The smallest absolute Gasteiger partial charge is 0.129 e. The predicted octanol–water partition coefficient (Wildman–Crippen LogP) is 4.13. The van der Waals surface area contributed by atoms with E-state index in [1.807, 2.05) is 32.2 Å². The van der Waals surface area contributed by atoms with Gasteiger partial charge in [0.05, 0.1) is 11.6 Å². The highest BCUT2D eigenvalue weighted by atomic mass is 16.5. The summed E-state index contributed by atoms with van der Waals surface area (Å²) in [5.41, 5.74) is 9.40. The zero-order valence-corrected chi connectivity index (χ0v) is 11.3. The zero-order valence-electron chi connectivity index (χ0n) is 11.3. The van der Waals surface area contributed by atoms with Gasteiger partial charge in [-0.15, -0.1) is 0 Å². The number of ether oxygens (including phenoxy) is 1. The predicted molar refractivity (Wildman–Crippen MR) is 76.3 cm³/mol. The third-order valence-corrected chi connectivity index (χ3v) is 2.86. The van der Waals surface area contributed by atoms with Crippen LogP contribution in [-0.4, -0.2) is 17.2 Å². The summed E-state index contributed by atoms with van der Waals surface area (Å²) < 4.78 is 7.97. The van der Waals surface area contributed by atoms with Crippen molar-refractivity contribution in [3.63, 3.8) is 0 Å². The van der Waals surface area contributed by atoms with Crippen LogP contribution < -0.4 is 4.74 Å². The second kappa shape index (κ2) is 6.16. The van der Waals surface area contributed by atoms with Crippen molar-refractivity contribution in [2.75, 3.05) is 6.54 Å². The van der Waals surface area contributed by atoms with Crippen molar-refractivity contribution in [3.05, 3.63) is 40.9 Å². The molecule has 100 valence electrons. The first-order valence-electron chi connectivity index (χ1n) is 6.47. The van der Waals surface area contributed by atoms with Crippen LogP contribution in [0.5, 0.6) is 5.75 Å². The van der Waals surface area contributed by atoms with Gasteiger partial charge < -0.3 is 9.30 Å². The SMILES string of the molecule is CC(C)Oc1cccc2c1ccn2CCCN=[N+]=[N-]. The minimum atomic E-state index is 0.166. The summed E-state index contributed by atoms with van der Waals surface area (Å²) in [7, 11) is 0. The van der Waals surface area contributed by atoms with Gasteiger partial charge in [0.25, 0.3) is 0 Å². The summed E-state index contributed by atoms with van der Waals surface area (Å²) in [5, 5.41) is 4.68. The highest BCUT2D eigenvalue weighted by Crippen LogP contribution is 2.27. The molecular weight excluding hydrogens is 240 g/mol. The fourth-order valence-electron chi connectivity index (χ4n) is 2.10. The van der Waals surface area contributed by atoms with Gasteiger partial charge in [-0.1, -0.05) is 11.2 Å². The van der Waals surface area contributed by atoms with E-state index in [0.29, 0.717) is 6.54 Å². The van der Waals surface area contributed by atoms with E-state index in [9.17, 15) is 0 Å². The Kier molecular flexibility index (Phi) is 4.31. The van der Waals surface area contributed by atoms with E-state index in [1.54, 1.807) is 0 Å². The van der Waals surface area contributed by atoms with E-state index in [0.717, 1.165) is 29.6 Å². The largest absolute Gasteiger partial charge is 0.490 e. The Balaban J connectivity index is 2.20. The molecule has 5 heteroatoms. The Morgan fingerprint density at radius 3 is 2.95 bits per heavy atom. The van der Waals surface area contributed by atoms with Gasteiger partial charge in [0.15, 0.2) is 0 Å². The van der Waals surface area contributed by atoms with Crippen molar-refractivity contribution in [1.29, 1.82) is 0 Å². The number of rotatable bonds is 6. The van der Waals surface area contributed by atoms with E-state index in [-0.39, 0.29) is 6.10 Å². The quantitative estimate of drug-likeness (QED) is 0.332. The van der Waals surface area contributed by atoms with Crippen LogP contribution in [0.1, 0.15) is 20.3 Å². The molecule has 1 aromatic heterocycles. The molecule has 0 unspecified atom stereocenters. The van der Waals surface area contributed by atoms with E-state index in [1.165, 1.54) is 0 Å². The molecule has 0 aliphatic heterocycles. The Labute approximate surface area is 112 Å². The molecular formula is C14H18N4O. The Hall–Kier alpha value is -2.13. The van der Waals surface area contributed by atoms with Gasteiger partial charge in [-0.05, 0) is 44.0 Å². The molecule has 5 nitrogen and oxygen atoms in total. The maximum absolute atomic E-state index is 8.25. The van der Waals surface area contributed by atoms with Gasteiger partial charge in [-0.25, -0.2) is 0 Å². The molecule has 1 aromatic carbocycles. The van der Waals surface area contributed by atoms with Crippen molar-refractivity contribution in [2.45, 2.75) is 32.9 Å². The number of fused-ring (bicyclic) bond motifs is 1. The van der Waals surface area contributed by atoms with Crippen LogP contribution in [0.4, 0.5) is 0 Å². The highest BCUT2D eigenvalue weighted by Gasteiger charge is 2.07. The molecule has 1 heterocycles. The van der Waals surface area contributed by atoms with Gasteiger partial charge in [0.1, 0.15) is 5.75 Å². The molecule has 0 saturated carbocycles. The van der Waals surface area contributed by atoms with E-state index < -0.39 is 0 Å². The first-order valence-corrected chi connectivity index (χ1v) is 6.47. The van der Waals surface area contributed by atoms with Crippen molar-refractivity contribution in [1.82, 2.24) is 4.57 Å². The number of hydrogen-bond acceptors (Lipinski definition) is 2. The van der Waals surface area contributed by atoms with Crippen LogP contribution in [0.25, 0.3) is 21.3 Å². The first-order chi connectivity index (χ1) is 9.22. The van der Waals surface area contributed by atoms with E-state index in [4.69, 9.17) is 10.3 Å². The lowest BCUT2D eigenvalue weighted by atomic mass is 10.2. The molecule has 0 fully saturated rings. The second-order valence-corrected chi connectivity index (χ2v) is 4.67. The van der Waals surface area contributed by atoms with Crippen LogP contribution in [-0.2, 0) is 6.54 Å². The number of aryl methyl sites for hydroxylation is 1. The minimum absolute atomic E-state index is 0.166. The van der Waals surface area contributed by atoms with E-state index >= 15 is 0 Å². The number of nitrogens with zero attached hydrogens (tertiary/aromatic N) is 4. The molecule has 2 aromatic rings. The lowest BCUT2D eigenvalue weighted by molar-refractivity contribution is 0.245. The van der Waals surface area contributed by atoms with E-state index in [2.05, 4.69) is 26.7 Å². The fraction of sp³-hybridized carbons (Fsp3) is 0.429. The van der Waals surface area contributed by atoms with Gasteiger partial charge in [0.2, 0.25) is 0 Å². The summed E-state index contributed by atoms with van der Waals surface area (Å²) in [5.74, 6) is 0.918. The number of azide groups is 1.